The van der Waals surface area contributed by atoms with Crippen molar-refractivity contribution >= 4 is 23.5 Å². The van der Waals surface area contributed by atoms with E-state index in [0.29, 0.717) is 30.1 Å². The molecule has 2 atom stereocenters. The van der Waals surface area contributed by atoms with Crippen LogP contribution in [-0.2, 0) is 19.9 Å². The van der Waals surface area contributed by atoms with Crippen LogP contribution in [0.15, 0.2) is 66.7 Å². The predicted molar refractivity (Wildman–Crippen MR) is 125 cm³/mol. The molecule has 1 aliphatic rings. The smallest absolute Gasteiger partial charge is 0.328 e. The number of ether oxygens (including phenoxy) is 1. The summed E-state index contributed by atoms with van der Waals surface area (Å²) in [7, 11) is 0. The maximum absolute atomic E-state index is 9.55. The highest BCUT2D eigenvalue weighted by atomic mass is 35.5. The van der Waals surface area contributed by atoms with Gasteiger partial charge in [0.15, 0.2) is 0 Å². The zero-order chi connectivity index (χ0) is 27.9. The van der Waals surface area contributed by atoms with Gasteiger partial charge in [0.2, 0.25) is 0 Å². The molecule has 2 aromatic carbocycles. The first-order chi connectivity index (χ1) is 17.1. The number of hydrogen-bond acceptors (Lipinski definition) is 4. The van der Waals surface area contributed by atoms with Crippen LogP contribution in [0.25, 0.3) is 0 Å². The van der Waals surface area contributed by atoms with Gasteiger partial charge in [-0.2, -0.15) is 0 Å². The maximum Gasteiger partial charge on any atom is 0.328 e. The van der Waals surface area contributed by atoms with E-state index in [4.69, 9.17) is 33.4 Å². The van der Waals surface area contributed by atoms with Gasteiger partial charge in [-0.05, 0) is 63.0 Å². The molecule has 2 N–H and O–H groups in total. The fraction of sp³-hybridized carbons (Fsp3) is 0.360. The van der Waals surface area contributed by atoms with Crippen molar-refractivity contribution in [2.45, 2.75) is 37.8 Å². The summed E-state index contributed by atoms with van der Waals surface area (Å²) in [4.78, 5) is 20.5. The molecule has 1 saturated heterocycles. The Balaban J connectivity index is 0.000000521. The van der Waals surface area contributed by atoms with Gasteiger partial charge in [0, 0.05) is 33.9 Å². The highest BCUT2D eigenvalue weighted by Crippen LogP contribution is 2.34. The Morgan fingerprint density at radius 1 is 1.16 bits per heavy atom. The third-order valence-corrected chi connectivity index (χ3v) is 5.31. The number of benzene rings is 2. The monoisotopic (exact) mass is 464 g/mol. The summed E-state index contributed by atoms with van der Waals surface area (Å²) in [5, 5.41) is 16.2. The zero-order valence-corrected chi connectivity index (χ0v) is 18.5. The lowest BCUT2D eigenvalue weighted by atomic mass is 9.88. The number of rotatable bonds is 8. The number of nitrogens with zero attached hydrogens (tertiary/aromatic N) is 1. The second-order valence-corrected chi connectivity index (χ2v) is 7.79. The minimum Gasteiger partial charge on any atom is -0.478 e. The van der Waals surface area contributed by atoms with Crippen LogP contribution < -0.4 is 0 Å². The van der Waals surface area contributed by atoms with E-state index in [9.17, 15) is 9.59 Å². The molecule has 3 rings (SSSR count). The molecule has 32 heavy (non-hydrogen) atoms. The van der Waals surface area contributed by atoms with Crippen molar-refractivity contribution in [1.29, 1.82) is 0 Å². The van der Waals surface area contributed by atoms with Gasteiger partial charge in [-0.1, -0.05) is 54.1 Å². The van der Waals surface area contributed by atoms with Crippen LogP contribution in [0.5, 0.6) is 0 Å². The highest BCUT2D eigenvalue weighted by molar-refractivity contribution is 6.30. The molecule has 7 heteroatoms. The summed E-state index contributed by atoms with van der Waals surface area (Å²) in [6, 6.07) is 16.2. The first-order valence-corrected chi connectivity index (χ1v) is 10.4. The van der Waals surface area contributed by atoms with Gasteiger partial charge in [-0.3, -0.25) is 0 Å². The van der Waals surface area contributed by atoms with Gasteiger partial charge in [0.1, 0.15) is 5.60 Å². The molecule has 0 amide bonds. The normalized spacial score (nSPS) is 21.2. The third-order valence-electron chi connectivity index (χ3n) is 5.06. The van der Waals surface area contributed by atoms with Gasteiger partial charge in [-0.15, -0.1) is 0 Å². The summed E-state index contributed by atoms with van der Waals surface area (Å²) in [6.45, 7) is -1.97. The maximum atomic E-state index is 9.55. The first-order valence-electron chi connectivity index (χ1n) is 12.6. The van der Waals surface area contributed by atoms with E-state index in [1.165, 1.54) is 4.90 Å². The molecule has 0 unspecified atom stereocenters. The molecule has 0 spiro atoms. The van der Waals surface area contributed by atoms with Crippen molar-refractivity contribution in [3.63, 3.8) is 0 Å². The first kappa shape index (κ1) is 18.9. The number of carbonyl (C=O) groups is 2. The van der Waals surface area contributed by atoms with Gasteiger partial charge in [0.25, 0.3) is 0 Å². The Bertz CT molecular complexity index is 1060. The number of carboxylic acid groups (broad SMARTS) is 2. The van der Waals surface area contributed by atoms with Crippen molar-refractivity contribution < 1.29 is 31.4 Å². The molecule has 0 aromatic heterocycles. The number of halogens is 1. The van der Waals surface area contributed by atoms with Crippen LogP contribution in [0.3, 0.4) is 0 Å². The average Bonchev–Trinajstić information content (AvgIpc) is 3.26. The van der Waals surface area contributed by atoms with Crippen LogP contribution in [0, 0.1) is 0 Å². The molecule has 172 valence electrons. The molecule has 6 nitrogen and oxygen atoms in total. The Morgan fingerprint density at radius 2 is 1.75 bits per heavy atom. The summed E-state index contributed by atoms with van der Waals surface area (Å²) in [5.74, 6) is -2.51. The minimum atomic E-state index is -2.23. The third kappa shape index (κ3) is 7.79. The largest absolute Gasteiger partial charge is 0.478 e. The van der Waals surface area contributed by atoms with E-state index < -0.39 is 31.1 Å². The lowest BCUT2D eigenvalue weighted by Crippen LogP contribution is -2.31. The van der Waals surface area contributed by atoms with Crippen molar-refractivity contribution in [3.05, 3.63) is 82.9 Å². The number of hydrogen-bond donors (Lipinski definition) is 2. The van der Waals surface area contributed by atoms with Gasteiger partial charge in [-0.25, -0.2) is 9.59 Å². The molecular weight excluding hydrogens is 430 g/mol. The van der Waals surface area contributed by atoms with E-state index in [1.807, 2.05) is 49.4 Å². The second-order valence-electron chi connectivity index (χ2n) is 7.36. The number of likely N-dealkylation sites (tertiary alicyclic amines) is 1. The van der Waals surface area contributed by atoms with E-state index in [-0.39, 0.29) is 12.5 Å². The molecule has 1 aliphatic heterocycles. The topological polar surface area (TPSA) is 87.1 Å². The van der Waals surface area contributed by atoms with E-state index in [0.717, 1.165) is 17.5 Å². The lowest BCUT2D eigenvalue weighted by molar-refractivity contribution is -0.134. The quantitative estimate of drug-likeness (QED) is 0.545. The van der Waals surface area contributed by atoms with E-state index in [1.54, 1.807) is 12.1 Å². The number of carboxylic acids is 2. The minimum absolute atomic E-state index is 0.0125. The fourth-order valence-electron chi connectivity index (χ4n) is 3.28. The standard InChI is InChI=1S/C21H26ClNO.C4H4O4/c1-21(17-7-4-3-5-8-17,18-10-12-19(22)13-11-18)24-16-14-20-9-6-15-23(20)2;5-3(6)1-2-4(7)8/h3-5,7-8,10-13,20H,6,9,14-16H2,1-2H3;1-2H,(H,5,6)(H,7,8)/b;2-1+/t20-,21-;/m1./s1/i2D3,16D2;. The molecule has 1 fully saturated rings. The molecule has 1 heterocycles. The van der Waals surface area contributed by atoms with Crippen LogP contribution in [0.2, 0.25) is 5.02 Å². The summed E-state index contributed by atoms with van der Waals surface area (Å²) in [5.41, 5.74) is 0.528. The summed E-state index contributed by atoms with van der Waals surface area (Å²) >= 11 is 6.04. The predicted octanol–water partition coefficient (Wildman–Crippen LogP) is 4.82. The van der Waals surface area contributed by atoms with Crippen LogP contribution >= 0.6 is 11.6 Å². The summed E-state index contributed by atoms with van der Waals surface area (Å²) in [6.07, 6.45) is 2.49. The van der Waals surface area contributed by atoms with E-state index in [2.05, 4.69) is 0 Å². The van der Waals surface area contributed by atoms with Crippen molar-refractivity contribution in [2.75, 3.05) is 20.1 Å². The summed E-state index contributed by atoms with van der Waals surface area (Å²) < 4.78 is 46.5. The van der Waals surface area contributed by atoms with Crippen molar-refractivity contribution in [3.8, 4) is 0 Å². The zero-order valence-electron chi connectivity index (χ0n) is 22.7. The Morgan fingerprint density at radius 3 is 2.31 bits per heavy atom. The second kappa shape index (κ2) is 12.4. The van der Waals surface area contributed by atoms with Gasteiger partial charge >= 0.3 is 11.9 Å². The molecule has 2 aromatic rings. The SMILES string of the molecule is O=C(O)/C=C/C(=O)O.[2H]C([2H])(C[C@H]1CCCN1C([2H])([2H])[2H])O[C@](C)(c1ccccc1)c1ccc(Cl)cc1. The Labute approximate surface area is 201 Å². The average molecular weight is 465 g/mol. The van der Waals surface area contributed by atoms with Crippen molar-refractivity contribution in [1.82, 2.24) is 4.90 Å². The van der Waals surface area contributed by atoms with Crippen LogP contribution in [-0.4, -0.2) is 53.2 Å². The highest BCUT2D eigenvalue weighted by Gasteiger charge is 2.30. The molecular formula is C25H30ClNO5. The molecule has 0 saturated carbocycles. The molecule has 0 radical (unpaired) electrons. The lowest BCUT2D eigenvalue weighted by Gasteiger charge is -2.32. The van der Waals surface area contributed by atoms with Gasteiger partial charge in [0.05, 0.1) is 2.74 Å². The van der Waals surface area contributed by atoms with Crippen LogP contribution in [0.4, 0.5) is 0 Å². The van der Waals surface area contributed by atoms with Crippen molar-refractivity contribution in [2.24, 2.45) is 0 Å². The van der Waals surface area contributed by atoms with E-state index >= 15 is 0 Å². The molecule has 0 aliphatic carbocycles. The van der Waals surface area contributed by atoms with Crippen LogP contribution in [0.1, 0.15) is 44.2 Å². The number of aliphatic carboxylic acids is 2. The van der Waals surface area contributed by atoms with Gasteiger partial charge < -0.3 is 19.8 Å². The fourth-order valence-corrected chi connectivity index (χ4v) is 3.41. The molecule has 0 bridgehead atoms. The Kier molecular flexibility index (Phi) is 7.30. The Hall–Kier alpha value is -2.67.